The van der Waals surface area contributed by atoms with Gasteiger partial charge >= 0.3 is 5.76 Å². The molecule has 1 fully saturated rings. The van der Waals surface area contributed by atoms with E-state index >= 15 is 0 Å². The molecule has 0 unspecified atom stereocenters. The topological polar surface area (TPSA) is 81.8 Å². The van der Waals surface area contributed by atoms with Crippen LogP contribution in [0.5, 0.6) is 0 Å². The second kappa shape index (κ2) is 4.81. The van der Waals surface area contributed by atoms with Gasteiger partial charge in [0, 0.05) is 17.6 Å². The lowest BCUT2D eigenvalue weighted by atomic mass is 9.87. The molecule has 1 aromatic heterocycles. The number of hydrogen-bond acceptors (Lipinski definition) is 4. The largest absolute Gasteiger partial charge is 0.417 e. The number of H-pyrrole nitrogens is 1. The zero-order chi connectivity index (χ0) is 13.2. The van der Waals surface area contributed by atoms with Crippen molar-refractivity contribution in [1.82, 2.24) is 4.98 Å². The van der Waals surface area contributed by atoms with Gasteiger partial charge in [-0.2, -0.15) is 5.26 Å². The minimum absolute atomic E-state index is 0.214. The zero-order valence-electron chi connectivity index (χ0n) is 10.5. The van der Waals surface area contributed by atoms with Crippen molar-refractivity contribution in [3.05, 3.63) is 28.7 Å². The van der Waals surface area contributed by atoms with Crippen molar-refractivity contribution in [3.8, 4) is 6.07 Å². The van der Waals surface area contributed by atoms with E-state index in [4.69, 9.17) is 9.68 Å². The first-order chi connectivity index (χ1) is 9.24. The van der Waals surface area contributed by atoms with Crippen LogP contribution in [-0.2, 0) is 0 Å². The average molecular weight is 257 g/mol. The Balaban J connectivity index is 1.72. The van der Waals surface area contributed by atoms with Gasteiger partial charge < -0.3 is 9.73 Å². The number of hydrogen-bond donors (Lipinski definition) is 2. The molecule has 0 bridgehead atoms. The van der Waals surface area contributed by atoms with E-state index in [-0.39, 0.29) is 5.92 Å². The van der Waals surface area contributed by atoms with Crippen molar-refractivity contribution >= 4 is 16.8 Å². The Hall–Kier alpha value is -2.22. The second-order valence-electron chi connectivity index (χ2n) is 5.05. The monoisotopic (exact) mass is 257 g/mol. The molecule has 2 N–H and O–H groups in total. The Morgan fingerprint density at radius 3 is 2.84 bits per heavy atom. The number of nitriles is 1. The molecule has 0 aliphatic heterocycles. The Morgan fingerprint density at radius 2 is 2.11 bits per heavy atom. The number of nitrogens with zero attached hydrogens (tertiary/aromatic N) is 1. The van der Waals surface area contributed by atoms with Gasteiger partial charge in [0.2, 0.25) is 0 Å². The maximum absolute atomic E-state index is 11.1. The van der Waals surface area contributed by atoms with Gasteiger partial charge in [-0.3, -0.25) is 4.98 Å². The molecule has 0 atom stereocenters. The van der Waals surface area contributed by atoms with E-state index in [1.54, 1.807) is 6.07 Å². The summed E-state index contributed by atoms with van der Waals surface area (Å²) in [6.07, 6.45) is 3.94. The number of oxazole rings is 1. The summed E-state index contributed by atoms with van der Waals surface area (Å²) in [5, 5.41) is 12.3. The maximum Gasteiger partial charge on any atom is 0.417 e. The Morgan fingerprint density at radius 1 is 1.32 bits per heavy atom. The molecular weight excluding hydrogens is 242 g/mol. The molecule has 0 spiro atoms. The third-order valence-corrected chi connectivity index (χ3v) is 3.70. The molecular formula is C14H15N3O2. The van der Waals surface area contributed by atoms with Gasteiger partial charge in [0.25, 0.3) is 0 Å². The Kier molecular flexibility index (Phi) is 3.00. The number of aromatic amines is 1. The molecule has 0 amide bonds. The van der Waals surface area contributed by atoms with Crippen LogP contribution in [0, 0.1) is 17.2 Å². The first kappa shape index (κ1) is 11.8. The van der Waals surface area contributed by atoms with E-state index in [2.05, 4.69) is 16.4 Å². The van der Waals surface area contributed by atoms with Crippen molar-refractivity contribution in [3.63, 3.8) is 0 Å². The lowest BCUT2D eigenvalue weighted by Crippen LogP contribution is -2.25. The summed E-state index contributed by atoms with van der Waals surface area (Å²) in [5.74, 6) is -0.215. The molecule has 1 aliphatic rings. The van der Waals surface area contributed by atoms with Crippen LogP contribution in [-0.4, -0.2) is 11.0 Å². The third-order valence-electron chi connectivity index (χ3n) is 3.70. The lowest BCUT2D eigenvalue weighted by Gasteiger charge is -2.26. The van der Waals surface area contributed by atoms with Crippen LogP contribution in [0.15, 0.2) is 27.4 Å². The van der Waals surface area contributed by atoms with Gasteiger partial charge in [0.15, 0.2) is 5.58 Å². The van der Waals surface area contributed by atoms with Crippen LogP contribution in [0.4, 0.5) is 5.69 Å². The van der Waals surface area contributed by atoms with Gasteiger partial charge in [0.05, 0.1) is 11.6 Å². The number of benzene rings is 1. The van der Waals surface area contributed by atoms with Crippen molar-refractivity contribution in [2.75, 3.05) is 5.32 Å². The number of nitrogens with one attached hydrogen (secondary N) is 2. The smallest absolute Gasteiger partial charge is 0.408 e. The van der Waals surface area contributed by atoms with Gasteiger partial charge in [-0.15, -0.1) is 0 Å². The van der Waals surface area contributed by atoms with Gasteiger partial charge in [-0.25, -0.2) is 4.79 Å². The highest BCUT2D eigenvalue weighted by molar-refractivity contribution is 5.76. The molecule has 1 aromatic carbocycles. The Labute approximate surface area is 110 Å². The van der Waals surface area contributed by atoms with Crippen molar-refractivity contribution < 1.29 is 4.42 Å². The summed E-state index contributed by atoms with van der Waals surface area (Å²) in [7, 11) is 0. The molecule has 1 saturated carbocycles. The van der Waals surface area contributed by atoms with Crippen LogP contribution in [0.1, 0.15) is 25.7 Å². The first-order valence-corrected chi connectivity index (χ1v) is 6.53. The van der Waals surface area contributed by atoms with Crippen molar-refractivity contribution in [2.24, 2.45) is 5.92 Å². The standard InChI is InChI=1S/C14H15N3O2/c15-8-9-1-3-10(4-2-9)16-11-5-6-13-12(7-11)17-14(18)19-13/h5-7,9-10,16H,1-4H2,(H,17,18). The summed E-state index contributed by atoms with van der Waals surface area (Å²) >= 11 is 0. The van der Waals surface area contributed by atoms with Crippen molar-refractivity contribution in [1.29, 1.82) is 5.26 Å². The molecule has 0 saturated heterocycles. The van der Waals surface area contributed by atoms with Crippen LogP contribution in [0.25, 0.3) is 11.1 Å². The third kappa shape index (κ3) is 2.48. The molecule has 5 heteroatoms. The van der Waals surface area contributed by atoms with E-state index in [1.165, 1.54) is 0 Å². The van der Waals surface area contributed by atoms with E-state index in [9.17, 15) is 4.79 Å². The van der Waals surface area contributed by atoms with Gasteiger partial charge in [-0.1, -0.05) is 0 Å². The number of anilines is 1. The molecule has 3 rings (SSSR count). The predicted octanol–water partition coefficient (Wildman–Crippen LogP) is 2.62. The minimum atomic E-state index is -0.429. The molecule has 5 nitrogen and oxygen atoms in total. The summed E-state index contributed by atoms with van der Waals surface area (Å²) in [5.41, 5.74) is 2.26. The van der Waals surface area contributed by atoms with Crippen molar-refractivity contribution in [2.45, 2.75) is 31.7 Å². The summed E-state index contributed by atoms with van der Waals surface area (Å²) < 4.78 is 4.97. The average Bonchev–Trinajstić information content (AvgIpc) is 2.79. The second-order valence-corrected chi connectivity index (χ2v) is 5.05. The normalized spacial score (nSPS) is 23.1. The molecule has 1 heterocycles. The SMILES string of the molecule is N#CC1CCC(Nc2ccc3oc(=O)[nH]c3c2)CC1. The van der Waals surface area contributed by atoms with Crippen LogP contribution < -0.4 is 11.1 Å². The molecule has 19 heavy (non-hydrogen) atoms. The maximum atomic E-state index is 11.1. The van der Waals surface area contributed by atoms with Gasteiger partial charge in [-0.05, 0) is 43.9 Å². The molecule has 2 aromatic rings. The molecule has 98 valence electrons. The molecule has 0 radical (unpaired) electrons. The van der Waals surface area contributed by atoms with Crippen LogP contribution in [0.3, 0.4) is 0 Å². The first-order valence-electron chi connectivity index (χ1n) is 6.53. The molecule has 1 aliphatic carbocycles. The zero-order valence-corrected chi connectivity index (χ0v) is 10.5. The fourth-order valence-corrected chi connectivity index (χ4v) is 2.64. The quantitative estimate of drug-likeness (QED) is 0.866. The lowest BCUT2D eigenvalue weighted by molar-refractivity contribution is 0.397. The minimum Gasteiger partial charge on any atom is -0.408 e. The van der Waals surface area contributed by atoms with Gasteiger partial charge in [0.1, 0.15) is 0 Å². The predicted molar refractivity (Wildman–Crippen MR) is 71.8 cm³/mol. The Bertz CT molecular complexity index is 672. The van der Waals surface area contributed by atoms with Crippen LogP contribution in [0.2, 0.25) is 0 Å². The summed E-state index contributed by atoms with van der Waals surface area (Å²) in [4.78, 5) is 13.7. The highest BCUT2D eigenvalue weighted by Crippen LogP contribution is 2.26. The van der Waals surface area contributed by atoms with E-state index in [0.717, 1.165) is 31.4 Å². The number of rotatable bonds is 2. The van der Waals surface area contributed by atoms with E-state index in [1.807, 2.05) is 12.1 Å². The highest BCUT2D eigenvalue weighted by Gasteiger charge is 2.20. The van der Waals surface area contributed by atoms with E-state index in [0.29, 0.717) is 17.1 Å². The fourth-order valence-electron chi connectivity index (χ4n) is 2.64. The highest BCUT2D eigenvalue weighted by atomic mass is 16.4. The summed E-state index contributed by atoms with van der Waals surface area (Å²) in [6, 6.07) is 8.32. The van der Waals surface area contributed by atoms with Crippen LogP contribution >= 0.6 is 0 Å². The van der Waals surface area contributed by atoms with E-state index < -0.39 is 5.76 Å². The number of fused-ring (bicyclic) bond motifs is 1. The summed E-state index contributed by atoms with van der Waals surface area (Å²) in [6.45, 7) is 0. The number of aromatic nitrogens is 1. The fraction of sp³-hybridized carbons (Fsp3) is 0.429.